The molecule has 5 heteroatoms. The summed E-state index contributed by atoms with van der Waals surface area (Å²) in [7, 11) is 1.75. The van der Waals surface area contributed by atoms with Crippen molar-refractivity contribution in [3.05, 3.63) is 0 Å². The molecule has 0 unspecified atom stereocenters. The number of carbonyl (C=O) groups is 1. The lowest BCUT2D eigenvalue weighted by Crippen LogP contribution is -2.41. The highest BCUT2D eigenvalue weighted by molar-refractivity contribution is 5.80. The van der Waals surface area contributed by atoms with Gasteiger partial charge in [0.15, 0.2) is 5.96 Å². The molecule has 1 aliphatic carbocycles. The molecule has 0 saturated heterocycles. The molecule has 1 fully saturated rings. The van der Waals surface area contributed by atoms with Crippen LogP contribution >= 0.6 is 0 Å². The summed E-state index contributed by atoms with van der Waals surface area (Å²) in [5.41, 5.74) is 0. The molecule has 1 amide bonds. The van der Waals surface area contributed by atoms with Crippen LogP contribution in [0.15, 0.2) is 4.99 Å². The smallest absolute Gasteiger partial charge is 0.220 e. The fraction of sp³-hybridized carbons (Fsp3) is 0.833. The van der Waals surface area contributed by atoms with Gasteiger partial charge in [-0.3, -0.25) is 9.79 Å². The number of amides is 1. The summed E-state index contributed by atoms with van der Waals surface area (Å²) in [6, 6.07) is 0.824. The Labute approximate surface area is 103 Å². The third-order valence-corrected chi connectivity index (χ3v) is 2.46. The average molecular weight is 240 g/mol. The van der Waals surface area contributed by atoms with Gasteiger partial charge in [-0.05, 0) is 33.1 Å². The monoisotopic (exact) mass is 240 g/mol. The molecule has 98 valence electrons. The second kappa shape index (κ2) is 7.14. The minimum atomic E-state index is 0.168. The molecule has 0 heterocycles. The minimum absolute atomic E-state index is 0.168. The van der Waals surface area contributed by atoms with E-state index in [2.05, 4.69) is 34.8 Å². The average Bonchev–Trinajstić information content (AvgIpc) is 3.05. The van der Waals surface area contributed by atoms with Gasteiger partial charge in [0.2, 0.25) is 5.91 Å². The number of nitrogens with zero attached hydrogens (tertiary/aromatic N) is 1. The van der Waals surface area contributed by atoms with Crippen LogP contribution in [0.1, 0.15) is 39.5 Å². The van der Waals surface area contributed by atoms with Crippen LogP contribution in [-0.4, -0.2) is 37.5 Å². The maximum absolute atomic E-state index is 11.4. The molecule has 0 aromatic heterocycles. The molecule has 1 rings (SSSR count). The molecule has 17 heavy (non-hydrogen) atoms. The molecule has 0 spiro atoms. The Morgan fingerprint density at radius 1 is 1.41 bits per heavy atom. The van der Waals surface area contributed by atoms with Crippen molar-refractivity contribution in [3.8, 4) is 0 Å². The van der Waals surface area contributed by atoms with Gasteiger partial charge in [-0.2, -0.15) is 0 Å². The first-order valence-electron chi connectivity index (χ1n) is 6.38. The zero-order chi connectivity index (χ0) is 12.7. The molecular weight excluding hydrogens is 216 g/mol. The highest BCUT2D eigenvalue weighted by atomic mass is 16.1. The Hall–Kier alpha value is -1.26. The SMILES string of the molecule is CN=C(NCCCC(=O)NC1CC1)NC(C)C. The largest absolute Gasteiger partial charge is 0.356 e. The van der Waals surface area contributed by atoms with Crippen molar-refractivity contribution < 1.29 is 4.79 Å². The number of hydrogen-bond acceptors (Lipinski definition) is 2. The third-order valence-electron chi connectivity index (χ3n) is 2.46. The van der Waals surface area contributed by atoms with Crippen LogP contribution in [0, 0.1) is 0 Å². The van der Waals surface area contributed by atoms with Crippen LogP contribution in [0.2, 0.25) is 0 Å². The van der Waals surface area contributed by atoms with Crippen molar-refractivity contribution in [2.45, 2.75) is 51.6 Å². The number of rotatable bonds is 6. The standard InChI is InChI=1S/C12H24N4O/c1-9(2)15-12(13-3)14-8-4-5-11(17)16-10-6-7-10/h9-10H,4-8H2,1-3H3,(H,16,17)(H2,13,14,15). The molecule has 1 saturated carbocycles. The van der Waals surface area contributed by atoms with E-state index in [1.807, 2.05) is 0 Å². The normalized spacial score (nSPS) is 15.9. The van der Waals surface area contributed by atoms with E-state index in [1.54, 1.807) is 7.05 Å². The molecular formula is C12H24N4O. The van der Waals surface area contributed by atoms with Crippen molar-refractivity contribution in [2.75, 3.05) is 13.6 Å². The first-order valence-corrected chi connectivity index (χ1v) is 6.38. The summed E-state index contributed by atoms with van der Waals surface area (Å²) in [5, 5.41) is 9.36. The van der Waals surface area contributed by atoms with Gasteiger partial charge in [-0.25, -0.2) is 0 Å². The van der Waals surface area contributed by atoms with E-state index in [-0.39, 0.29) is 5.91 Å². The van der Waals surface area contributed by atoms with Gasteiger partial charge in [0.05, 0.1) is 0 Å². The fourth-order valence-corrected chi connectivity index (χ4v) is 1.45. The Morgan fingerprint density at radius 2 is 2.12 bits per heavy atom. The van der Waals surface area contributed by atoms with Gasteiger partial charge in [-0.1, -0.05) is 0 Å². The zero-order valence-electron chi connectivity index (χ0n) is 11.0. The summed E-state index contributed by atoms with van der Waals surface area (Å²) < 4.78 is 0. The molecule has 5 nitrogen and oxygen atoms in total. The lowest BCUT2D eigenvalue weighted by atomic mass is 10.3. The van der Waals surface area contributed by atoms with E-state index < -0.39 is 0 Å². The van der Waals surface area contributed by atoms with E-state index in [9.17, 15) is 4.79 Å². The Kier molecular flexibility index (Phi) is 5.80. The number of nitrogens with one attached hydrogen (secondary N) is 3. The minimum Gasteiger partial charge on any atom is -0.356 e. The predicted molar refractivity (Wildman–Crippen MR) is 70.0 cm³/mol. The lowest BCUT2D eigenvalue weighted by Gasteiger charge is -2.14. The number of aliphatic imine (C=N–C) groups is 1. The molecule has 0 aromatic carbocycles. The zero-order valence-corrected chi connectivity index (χ0v) is 11.0. The van der Waals surface area contributed by atoms with Gasteiger partial charge < -0.3 is 16.0 Å². The maximum atomic E-state index is 11.4. The van der Waals surface area contributed by atoms with Crippen LogP contribution in [0.4, 0.5) is 0 Å². The number of hydrogen-bond donors (Lipinski definition) is 3. The van der Waals surface area contributed by atoms with Gasteiger partial charge in [0.25, 0.3) is 0 Å². The molecule has 0 bridgehead atoms. The summed E-state index contributed by atoms with van der Waals surface area (Å²) in [4.78, 5) is 15.5. The third kappa shape index (κ3) is 6.81. The van der Waals surface area contributed by atoms with E-state index >= 15 is 0 Å². The molecule has 1 aliphatic rings. The first-order chi connectivity index (χ1) is 8.11. The second-order valence-electron chi connectivity index (χ2n) is 4.74. The van der Waals surface area contributed by atoms with E-state index in [1.165, 1.54) is 0 Å². The highest BCUT2D eigenvalue weighted by Gasteiger charge is 2.22. The summed E-state index contributed by atoms with van der Waals surface area (Å²) in [6.07, 6.45) is 3.71. The van der Waals surface area contributed by atoms with E-state index in [0.717, 1.165) is 31.8 Å². The van der Waals surface area contributed by atoms with Crippen molar-refractivity contribution >= 4 is 11.9 Å². The molecule has 0 radical (unpaired) electrons. The van der Waals surface area contributed by atoms with Crippen LogP contribution in [0.3, 0.4) is 0 Å². The first kappa shape index (κ1) is 13.8. The van der Waals surface area contributed by atoms with Gasteiger partial charge in [-0.15, -0.1) is 0 Å². The molecule has 3 N–H and O–H groups in total. The van der Waals surface area contributed by atoms with Crippen molar-refractivity contribution in [1.82, 2.24) is 16.0 Å². The molecule has 0 atom stereocenters. The van der Waals surface area contributed by atoms with Gasteiger partial charge in [0, 0.05) is 32.1 Å². The highest BCUT2D eigenvalue weighted by Crippen LogP contribution is 2.18. The second-order valence-corrected chi connectivity index (χ2v) is 4.74. The molecule has 0 aliphatic heterocycles. The Bertz CT molecular complexity index is 272. The van der Waals surface area contributed by atoms with E-state index in [0.29, 0.717) is 18.5 Å². The lowest BCUT2D eigenvalue weighted by molar-refractivity contribution is -0.121. The molecule has 0 aromatic rings. The van der Waals surface area contributed by atoms with Gasteiger partial charge in [0.1, 0.15) is 0 Å². The summed E-state index contributed by atoms with van der Waals surface area (Å²) >= 11 is 0. The van der Waals surface area contributed by atoms with Crippen molar-refractivity contribution in [3.63, 3.8) is 0 Å². The van der Waals surface area contributed by atoms with Crippen LogP contribution in [-0.2, 0) is 4.79 Å². The number of carbonyl (C=O) groups excluding carboxylic acids is 1. The van der Waals surface area contributed by atoms with Gasteiger partial charge >= 0.3 is 0 Å². The van der Waals surface area contributed by atoms with E-state index in [4.69, 9.17) is 0 Å². The quantitative estimate of drug-likeness (QED) is 0.362. The number of guanidine groups is 1. The van der Waals surface area contributed by atoms with Crippen LogP contribution in [0.5, 0.6) is 0 Å². The summed E-state index contributed by atoms with van der Waals surface area (Å²) in [6.45, 7) is 4.90. The Morgan fingerprint density at radius 3 is 2.65 bits per heavy atom. The van der Waals surface area contributed by atoms with Crippen molar-refractivity contribution in [2.24, 2.45) is 4.99 Å². The summed E-state index contributed by atoms with van der Waals surface area (Å²) in [5.74, 6) is 0.962. The topological polar surface area (TPSA) is 65.5 Å². The Balaban J connectivity index is 2.03. The van der Waals surface area contributed by atoms with Crippen molar-refractivity contribution in [1.29, 1.82) is 0 Å². The van der Waals surface area contributed by atoms with Crippen LogP contribution < -0.4 is 16.0 Å². The predicted octanol–water partition coefficient (Wildman–Crippen LogP) is 0.619. The maximum Gasteiger partial charge on any atom is 0.220 e. The fourth-order valence-electron chi connectivity index (χ4n) is 1.45. The van der Waals surface area contributed by atoms with Crippen LogP contribution in [0.25, 0.3) is 0 Å².